The van der Waals surface area contributed by atoms with Gasteiger partial charge >= 0.3 is 5.97 Å². The second-order valence-corrected chi connectivity index (χ2v) is 1.88. The van der Waals surface area contributed by atoms with Gasteiger partial charge in [0.15, 0.2) is 0 Å². The number of rotatable bonds is 1. The summed E-state index contributed by atoms with van der Waals surface area (Å²) >= 11 is 0. The van der Waals surface area contributed by atoms with Crippen LogP contribution in [0.4, 0.5) is 0 Å². The lowest BCUT2D eigenvalue weighted by Crippen LogP contribution is -1.95. The Morgan fingerprint density at radius 2 is 2.56 bits per heavy atom. The summed E-state index contributed by atoms with van der Waals surface area (Å²) in [4.78, 5) is 14.5. The molecule has 0 saturated carbocycles. The maximum Gasteiger partial charge on any atom is 0.312 e. The van der Waals surface area contributed by atoms with Crippen molar-refractivity contribution >= 4 is 11.7 Å². The normalized spacial score (nSPS) is 22.8. The van der Waals surface area contributed by atoms with E-state index >= 15 is 0 Å². The summed E-state index contributed by atoms with van der Waals surface area (Å²) in [6.45, 7) is 3.09. The molecule has 0 amide bonds. The van der Waals surface area contributed by atoms with E-state index in [2.05, 4.69) is 9.73 Å². The van der Waals surface area contributed by atoms with Gasteiger partial charge in [-0.1, -0.05) is 0 Å². The van der Waals surface area contributed by atoms with E-state index in [1.54, 1.807) is 0 Å². The van der Waals surface area contributed by atoms with Crippen LogP contribution < -0.4 is 0 Å². The van der Waals surface area contributed by atoms with Gasteiger partial charge in [0.25, 0.3) is 0 Å². The highest BCUT2D eigenvalue weighted by Gasteiger charge is 2.16. The maximum absolute atomic E-state index is 10.4. The Labute approximate surface area is 53.7 Å². The van der Waals surface area contributed by atoms with Gasteiger partial charge in [-0.3, -0.25) is 9.79 Å². The van der Waals surface area contributed by atoms with E-state index in [4.69, 9.17) is 0 Å². The van der Waals surface area contributed by atoms with Crippen LogP contribution in [0, 0.1) is 0 Å². The molecule has 0 radical (unpaired) electrons. The number of carbonyl (C=O) groups excluding carboxylic acids is 1. The van der Waals surface area contributed by atoms with Gasteiger partial charge in [0.05, 0.1) is 12.1 Å². The van der Waals surface area contributed by atoms with Crippen LogP contribution in [0.3, 0.4) is 0 Å². The Bertz CT molecular complexity index is 151. The van der Waals surface area contributed by atoms with Crippen LogP contribution in [0.25, 0.3) is 0 Å². The predicted molar refractivity (Wildman–Crippen MR) is 33.6 cm³/mol. The lowest BCUT2D eigenvalue weighted by Gasteiger charge is -1.86. The summed E-state index contributed by atoms with van der Waals surface area (Å²) in [6.07, 6.45) is 0.397. The predicted octanol–water partition coefficient (Wildman–Crippen LogP) is 0.394. The zero-order valence-electron chi connectivity index (χ0n) is 5.39. The summed E-state index contributed by atoms with van der Waals surface area (Å²) in [5, 5.41) is 0. The minimum absolute atomic E-state index is 0.151. The summed E-state index contributed by atoms with van der Waals surface area (Å²) in [5.41, 5.74) is 0.877. The molecule has 0 aliphatic carbocycles. The van der Waals surface area contributed by atoms with Crippen molar-refractivity contribution in [3.63, 3.8) is 0 Å². The first kappa shape index (κ1) is 6.26. The zero-order chi connectivity index (χ0) is 6.69. The molecule has 0 aromatic heterocycles. The van der Waals surface area contributed by atoms with E-state index in [0.29, 0.717) is 13.0 Å². The Morgan fingerprint density at radius 3 is 3.00 bits per heavy atom. The highest BCUT2D eigenvalue weighted by atomic mass is 16.5. The van der Waals surface area contributed by atoms with E-state index in [0.717, 1.165) is 12.3 Å². The smallest absolute Gasteiger partial charge is 0.312 e. The fourth-order valence-corrected chi connectivity index (χ4v) is 0.758. The molecule has 3 nitrogen and oxygen atoms in total. The van der Waals surface area contributed by atoms with Crippen molar-refractivity contribution in [2.45, 2.75) is 13.3 Å². The number of ether oxygens (including phenoxy) is 1. The van der Waals surface area contributed by atoms with Gasteiger partial charge in [-0.15, -0.1) is 0 Å². The Kier molecular flexibility index (Phi) is 1.82. The van der Waals surface area contributed by atoms with E-state index in [9.17, 15) is 4.79 Å². The molecule has 0 aromatic carbocycles. The van der Waals surface area contributed by atoms with Crippen molar-refractivity contribution in [1.29, 1.82) is 0 Å². The first-order valence-corrected chi connectivity index (χ1v) is 3.00. The highest BCUT2D eigenvalue weighted by molar-refractivity contribution is 6.04. The third-order valence-electron chi connectivity index (χ3n) is 1.13. The molecule has 1 fully saturated rings. The molecule has 0 aromatic rings. The molecule has 0 N–H and O–H groups in total. The molecule has 1 rings (SSSR count). The number of esters is 1. The second kappa shape index (κ2) is 2.62. The average Bonchev–Trinajstić information content (AvgIpc) is 2.17. The molecule has 1 heterocycles. The number of hydrogen-bond acceptors (Lipinski definition) is 3. The van der Waals surface area contributed by atoms with Crippen molar-refractivity contribution in [3.05, 3.63) is 0 Å². The van der Waals surface area contributed by atoms with Crippen molar-refractivity contribution in [2.24, 2.45) is 4.99 Å². The monoisotopic (exact) mass is 127 g/mol. The molecule has 0 atom stereocenters. The third-order valence-corrected chi connectivity index (χ3v) is 1.13. The van der Waals surface area contributed by atoms with Gasteiger partial charge in [-0.2, -0.15) is 0 Å². The number of nitrogens with zero attached hydrogens (tertiary/aromatic N) is 1. The van der Waals surface area contributed by atoms with Crippen LogP contribution in [0.1, 0.15) is 13.3 Å². The van der Waals surface area contributed by atoms with E-state index in [1.807, 2.05) is 6.92 Å². The summed E-state index contributed by atoms with van der Waals surface area (Å²) < 4.78 is 4.65. The summed E-state index contributed by atoms with van der Waals surface area (Å²) in [6, 6.07) is 0. The molecule has 0 unspecified atom stereocenters. The molecule has 0 bridgehead atoms. The quantitative estimate of drug-likeness (QED) is 0.478. The van der Waals surface area contributed by atoms with Crippen molar-refractivity contribution in [3.8, 4) is 0 Å². The Hall–Kier alpha value is -0.860. The fourth-order valence-electron chi connectivity index (χ4n) is 0.758. The SMILES string of the molecule is CCN=C1COC(=O)C1. The third kappa shape index (κ3) is 1.52. The minimum atomic E-state index is -0.151. The number of cyclic esters (lactones) is 1. The Morgan fingerprint density at radius 1 is 1.78 bits per heavy atom. The summed E-state index contributed by atoms with van der Waals surface area (Å²) in [5.74, 6) is -0.151. The molecule has 0 spiro atoms. The van der Waals surface area contributed by atoms with Crippen LogP contribution >= 0.6 is 0 Å². The molecule has 9 heavy (non-hydrogen) atoms. The van der Waals surface area contributed by atoms with E-state index in [1.165, 1.54) is 0 Å². The molecular formula is C6H9NO2. The molecule has 3 heteroatoms. The van der Waals surface area contributed by atoms with Crippen LogP contribution in [-0.4, -0.2) is 24.8 Å². The molecule has 50 valence electrons. The molecule has 1 saturated heterocycles. The van der Waals surface area contributed by atoms with E-state index in [-0.39, 0.29) is 5.97 Å². The van der Waals surface area contributed by atoms with Gasteiger partial charge < -0.3 is 4.74 Å². The Balaban J connectivity index is 2.47. The number of hydrogen-bond donors (Lipinski definition) is 0. The van der Waals surface area contributed by atoms with Crippen LogP contribution in [0.2, 0.25) is 0 Å². The average molecular weight is 127 g/mol. The lowest BCUT2D eigenvalue weighted by atomic mass is 10.3. The lowest BCUT2D eigenvalue weighted by molar-refractivity contribution is -0.137. The first-order chi connectivity index (χ1) is 4.33. The molecule has 1 aliphatic rings. The highest BCUT2D eigenvalue weighted by Crippen LogP contribution is 2.01. The standard InChI is InChI=1S/C6H9NO2/c1-2-7-5-3-6(8)9-4-5/h2-4H2,1H3. The number of aliphatic imine (C=N–C) groups is 1. The van der Waals surface area contributed by atoms with Gasteiger partial charge in [-0.05, 0) is 6.92 Å². The maximum atomic E-state index is 10.4. The van der Waals surface area contributed by atoms with Gasteiger partial charge in [-0.25, -0.2) is 0 Å². The van der Waals surface area contributed by atoms with Crippen molar-refractivity contribution in [2.75, 3.05) is 13.2 Å². The number of carbonyl (C=O) groups is 1. The molecule has 1 aliphatic heterocycles. The first-order valence-electron chi connectivity index (χ1n) is 3.00. The summed E-state index contributed by atoms with van der Waals surface area (Å²) in [7, 11) is 0. The van der Waals surface area contributed by atoms with Crippen molar-refractivity contribution in [1.82, 2.24) is 0 Å². The second-order valence-electron chi connectivity index (χ2n) is 1.88. The molecular weight excluding hydrogens is 118 g/mol. The minimum Gasteiger partial charge on any atom is -0.459 e. The topological polar surface area (TPSA) is 38.7 Å². The van der Waals surface area contributed by atoms with Crippen LogP contribution in [0.15, 0.2) is 4.99 Å². The van der Waals surface area contributed by atoms with Gasteiger partial charge in [0, 0.05) is 6.54 Å². The fraction of sp³-hybridized carbons (Fsp3) is 0.667. The van der Waals surface area contributed by atoms with Crippen LogP contribution in [-0.2, 0) is 9.53 Å². The largest absolute Gasteiger partial charge is 0.459 e. The zero-order valence-corrected chi connectivity index (χ0v) is 5.39. The van der Waals surface area contributed by atoms with Crippen LogP contribution in [0.5, 0.6) is 0 Å². The van der Waals surface area contributed by atoms with E-state index < -0.39 is 0 Å². The van der Waals surface area contributed by atoms with Crippen molar-refractivity contribution < 1.29 is 9.53 Å². The van der Waals surface area contributed by atoms with Gasteiger partial charge in [0.2, 0.25) is 0 Å². The van der Waals surface area contributed by atoms with Gasteiger partial charge in [0.1, 0.15) is 6.61 Å².